The van der Waals surface area contributed by atoms with Gasteiger partial charge in [0.25, 0.3) is 5.91 Å². The SMILES string of the molecule is O=C(NCC(=O)N1CCC(N2CCNCC2)C1)c1c[nH]c2ccccc2c1=O. The van der Waals surface area contributed by atoms with Gasteiger partial charge in [0.2, 0.25) is 11.3 Å². The first kappa shape index (κ1) is 18.6. The summed E-state index contributed by atoms with van der Waals surface area (Å²) in [6.07, 6.45) is 2.37. The maximum atomic E-state index is 12.5. The first-order valence-electron chi connectivity index (χ1n) is 9.74. The van der Waals surface area contributed by atoms with Gasteiger partial charge in [-0.05, 0) is 18.6 Å². The minimum atomic E-state index is -0.529. The van der Waals surface area contributed by atoms with E-state index in [1.165, 1.54) is 6.20 Å². The Morgan fingerprint density at radius 1 is 1.14 bits per heavy atom. The highest BCUT2D eigenvalue weighted by atomic mass is 16.2. The predicted octanol–water partition coefficient (Wildman–Crippen LogP) is -0.236. The first-order valence-corrected chi connectivity index (χ1v) is 9.74. The van der Waals surface area contributed by atoms with Gasteiger partial charge < -0.3 is 20.5 Å². The average Bonchev–Trinajstić information content (AvgIpc) is 3.23. The summed E-state index contributed by atoms with van der Waals surface area (Å²) < 4.78 is 0. The summed E-state index contributed by atoms with van der Waals surface area (Å²) in [6, 6.07) is 7.43. The summed E-state index contributed by atoms with van der Waals surface area (Å²) in [5, 5.41) is 6.40. The van der Waals surface area contributed by atoms with E-state index in [0.29, 0.717) is 30.0 Å². The molecule has 1 unspecified atom stereocenters. The zero-order valence-electron chi connectivity index (χ0n) is 15.7. The largest absolute Gasteiger partial charge is 0.360 e. The number of amides is 2. The van der Waals surface area contributed by atoms with Gasteiger partial charge in [0.05, 0.1) is 6.54 Å². The molecule has 148 valence electrons. The maximum absolute atomic E-state index is 12.5. The Morgan fingerprint density at radius 3 is 2.75 bits per heavy atom. The molecule has 28 heavy (non-hydrogen) atoms. The normalized spacial score (nSPS) is 20.4. The van der Waals surface area contributed by atoms with Gasteiger partial charge in [-0.15, -0.1) is 0 Å². The Balaban J connectivity index is 1.34. The highest BCUT2D eigenvalue weighted by molar-refractivity contribution is 5.98. The third-order valence-electron chi connectivity index (χ3n) is 5.62. The summed E-state index contributed by atoms with van der Waals surface area (Å²) in [5.41, 5.74) is 0.363. The lowest BCUT2D eigenvalue weighted by Gasteiger charge is -2.32. The fourth-order valence-electron chi connectivity index (χ4n) is 4.01. The molecule has 0 saturated carbocycles. The second-order valence-electron chi connectivity index (χ2n) is 7.33. The van der Waals surface area contributed by atoms with E-state index in [0.717, 1.165) is 32.6 Å². The lowest BCUT2D eigenvalue weighted by molar-refractivity contribution is -0.129. The molecule has 2 amide bonds. The molecule has 4 rings (SSSR count). The number of benzene rings is 1. The van der Waals surface area contributed by atoms with Crippen LogP contribution in [0.3, 0.4) is 0 Å². The Labute approximate surface area is 162 Å². The molecule has 1 atom stereocenters. The van der Waals surface area contributed by atoms with Crippen molar-refractivity contribution in [3.63, 3.8) is 0 Å². The highest BCUT2D eigenvalue weighted by Crippen LogP contribution is 2.16. The van der Waals surface area contributed by atoms with Gasteiger partial charge in [0.1, 0.15) is 5.56 Å². The number of piperazine rings is 1. The smallest absolute Gasteiger partial charge is 0.257 e. The first-order chi connectivity index (χ1) is 13.6. The molecular formula is C20H25N5O3. The van der Waals surface area contributed by atoms with Gasteiger partial charge in [-0.25, -0.2) is 0 Å². The molecule has 3 heterocycles. The molecule has 2 aliphatic heterocycles. The van der Waals surface area contributed by atoms with Crippen molar-refractivity contribution in [2.24, 2.45) is 0 Å². The van der Waals surface area contributed by atoms with Crippen molar-refractivity contribution in [2.45, 2.75) is 12.5 Å². The van der Waals surface area contributed by atoms with E-state index in [1.807, 2.05) is 6.07 Å². The van der Waals surface area contributed by atoms with Crippen LogP contribution in [0.1, 0.15) is 16.8 Å². The molecule has 0 aliphatic carbocycles. The molecule has 2 fully saturated rings. The molecule has 2 aromatic rings. The number of pyridine rings is 1. The number of nitrogens with zero attached hydrogens (tertiary/aromatic N) is 2. The molecule has 0 radical (unpaired) electrons. The van der Waals surface area contributed by atoms with E-state index in [4.69, 9.17) is 0 Å². The number of hydrogen-bond acceptors (Lipinski definition) is 5. The molecule has 0 bridgehead atoms. The van der Waals surface area contributed by atoms with Crippen LogP contribution < -0.4 is 16.1 Å². The molecule has 1 aromatic heterocycles. The number of likely N-dealkylation sites (tertiary alicyclic amines) is 1. The Kier molecular flexibility index (Phi) is 5.40. The van der Waals surface area contributed by atoms with Gasteiger partial charge in [0.15, 0.2) is 0 Å². The van der Waals surface area contributed by atoms with Crippen LogP contribution in [0, 0.1) is 0 Å². The van der Waals surface area contributed by atoms with Crippen molar-refractivity contribution < 1.29 is 9.59 Å². The molecule has 1 aromatic carbocycles. The maximum Gasteiger partial charge on any atom is 0.257 e. The molecule has 2 saturated heterocycles. The number of aromatic amines is 1. The number of aromatic nitrogens is 1. The fraction of sp³-hybridized carbons (Fsp3) is 0.450. The summed E-state index contributed by atoms with van der Waals surface area (Å²) in [6.45, 7) is 5.30. The van der Waals surface area contributed by atoms with E-state index in [-0.39, 0.29) is 23.4 Å². The number of carbonyl (C=O) groups is 2. The molecule has 3 N–H and O–H groups in total. The number of rotatable bonds is 4. The predicted molar refractivity (Wildman–Crippen MR) is 106 cm³/mol. The lowest BCUT2D eigenvalue weighted by Crippen LogP contribution is -2.49. The number of nitrogens with one attached hydrogen (secondary N) is 3. The van der Waals surface area contributed by atoms with E-state index in [2.05, 4.69) is 20.5 Å². The number of H-pyrrole nitrogens is 1. The Hall–Kier alpha value is -2.71. The van der Waals surface area contributed by atoms with E-state index >= 15 is 0 Å². The summed E-state index contributed by atoms with van der Waals surface area (Å²) >= 11 is 0. The van der Waals surface area contributed by atoms with Crippen LogP contribution in [0.25, 0.3) is 10.9 Å². The highest BCUT2D eigenvalue weighted by Gasteiger charge is 2.30. The second kappa shape index (κ2) is 8.12. The molecule has 0 spiro atoms. The van der Waals surface area contributed by atoms with Crippen LogP contribution in [-0.4, -0.2) is 78.5 Å². The molecule has 8 heteroatoms. The van der Waals surface area contributed by atoms with Crippen LogP contribution in [0.2, 0.25) is 0 Å². The van der Waals surface area contributed by atoms with Crippen LogP contribution in [0.5, 0.6) is 0 Å². The van der Waals surface area contributed by atoms with Crippen molar-refractivity contribution in [2.75, 3.05) is 45.8 Å². The third-order valence-corrected chi connectivity index (χ3v) is 5.62. The minimum Gasteiger partial charge on any atom is -0.360 e. The average molecular weight is 383 g/mol. The molecule has 8 nitrogen and oxygen atoms in total. The Bertz CT molecular complexity index is 935. The number of fused-ring (bicyclic) bond motifs is 1. The number of carbonyl (C=O) groups excluding carboxylic acids is 2. The van der Waals surface area contributed by atoms with Crippen LogP contribution >= 0.6 is 0 Å². The van der Waals surface area contributed by atoms with Crippen molar-refractivity contribution in [1.82, 2.24) is 25.4 Å². The van der Waals surface area contributed by atoms with Gasteiger partial charge in [-0.1, -0.05) is 12.1 Å². The summed E-state index contributed by atoms with van der Waals surface area (Å²) in [5.74, 6) is -0.638. The van der Waals surface area contributed by atoms with E-state index in [9.17, 15) is 14.4 Å². The zero-order valence-corrected chi connectivity index (χ0v) is 15.7. The Morgan fingerprint density at radius 2 is 1.93 bits per heavy atom. The zero-order chi connectivity index (χ0) is 19.5. The molecular weight excluding hydrogens is 358 g/mol. The van der Waals surface area contributed by atoms with Crippen molar-refractivity contribution in [3.8, 4) is 0 Å². The van der Waals surface area contributed by atoms with Crippen LogP contribution in [-0.2, 0) is 4.79 Å². The third kappa shape index (κ3) is 3.79. The molecule has 2 aliphatic rings. The monoisotopic (exact) mass is 383 g/mol. The van der Waals surface area contributed by atoms with Crippen molar-refractivity contribution in [1.29, 1.82) is 0 Å². The van der Waals surface area contributed by atoms with Gasteiger partial charge >= 0.3 is 0 Å². The summed E-state index contributed by atoms with van der Waals surface area (Å²) in [7, 11) is 0. The van der Waals surface area contributed by atoms with Crippen molar-refractivity contribution in [3.05, 3.63) is 46.2 Å². The van der Waals surface area contributed by atoms with Gasteiger partial charge in [0, 0.05) is 62.4 Å². The topological polar surface area (TPSA) is 97.5 Å². The second-order valence-corrected chi connectivity index (χ2v) is 7.33. The fourth-order valence-corrected chi connectivity index (χ4v) is 4.01. The quantitative estimate of drug-likeness (QED) is 0.677. The number of hydrogen-bond donors (Lipinski definition) is 3. The van der Waals surface area contributed by atoms with Gasteiger partial charge in [-0.3, -0.25) is 19.3 Å². The number of para-hydroxylation sites is 1. The summed E-state index contributed by atoms with van der Waals surface area (Å²) in [4.78, 5) is 44.6. The van der Waals surface area contributed by atoms with E-state index < -0.39 is 5.91 Å². The van der Waals surface area contributed by atoms with Crippen LogP contribution in [0.4, 0.5) is 0 Å². The van der Waals surface area contributed by atoms with Crippen molar-refractivity contribution >= 4 is 22.7 Å². The van der Waals surface area contributed by atoms with E-state index in [1.54, 1.807) is 23.1 Å². The van der Waals surface area contributed by atoms with Gasteiger partial charge in [-0.2, -0.15) is 0 Å². The lowest BCUT2D eigenvalue weighted by atomic mass is 10.1. The standard InChI is InChI=1S/C20H25N5O3/c26-18(25-8-5-14(13-25)24-9-6-21-7-10-24)12-23-20(28)16-11-22-17-4-2-1-3-15(17)19(16)27/h1-4,11,14,21H,5-10,12-13H2,(H,22,27)(H,23,28). The minimum absolute atomic E-state index is 0.0200. The van der Waals surface area contributed by atoms with Crippen LogP contribution in [0.15, 0.2) is 35.3 Å².